The van der Waals surface area contributed by atoms with Crippen molar-refractivity contribution in [2.45, 2.75) is 0 Å². The molecule has 4 nitrogen and oxygen atoms in total. The molecule has 0 atom stereocenters. The lowest BCUT2D eigenvalue weighted by atomic mass is 10.2. The number of carbonyl (C=O) groups is 1. The minimum atomic E-state index is -1.05. The Bertz CT molecular complexity index is 785. The van der Waals surface area contributed by atoms with Crippen molar-refractivity contribution in [3.63, 3.8) is 0 Å². The summed E-state index contributed by atoms with van der Waals surface area (Å²) in [6.07, 6.45) is 0. The van der Waals surface area contributed by atoms with Crippen LogP contribution in [-0.4, -0.2) is 19.1 Å². The highest BCUT2D eigenvalue weighted by molar-refractivity contribution is 6.31. The standard InChI is InChI=1S/C15H11ClF3N3O/c16-9-5-8(1-2-10(9)17)21-15(23)22-4-3-20-13-6-11(18)12(19)7-14(13)22/h1-2,5-7,20H,3-4H2,(H,21,23). The second-order valence-corrected chi connectivity index (χ2v) is 5.33. The fourth-order valence-corrected chi connectivity index (χ4v) is 2.48. The number of nitrogens with one attached hydrogen (secondary N) is 2. The Kier molecular flexibility index (Phi) is 4.04. The van der Waals surface area contributed by atoms with Gasteiger partial charge >= 0.3 is 6.03 Å². The summed E-state index contributed by atoms with van der Waals surface area (Å²) >= 11 is 5.66. The van der Waals surface area contributed by atoms with Gasteiger partial charge in [-0.3, -0.25) is 4.90 Å². The van der Waals surface area contributed by atoms with Crippen molar-refractivity contribution in [3.05, 3.63) is 52.8 Å². The number of rotatable bonds is 1. The minimum Gasteiger partial charge on any atom is -0.381 e. The Morgan fingerprint density at radius 1 is 1.13 bits per heavy atom. The number of carbonyl (C=O) groups excluding carboxylic acids is 1. The molecule has 1 aliphatic heterocycles. The number of halogens is 4. The zero-order chi connectivity index (χ0) is 16.6. The average molecular weight is 342 g/mol. The summed E-state index contributed by atoms with van der Waals surface area (Å²) < 4.78 is 39.9. The number of urea groups is 1. The fourth-order valence-electron chi connectivity index (χ4n) is 2.30. The molecular formula is C15H11ClF3N3O. The third-order valence-electron chi connectivity index (χ3n) is 3.40. The first-order valence-corrected chi connectivity index (χ1v) is 7.10. The predicted molar refractivity (Wildman–Crippen MR) is 82.6 cm³/mol. The van der Waals surface area contributed by atoms with Crippen LogP contribution in [-0.2, 0) is 0 Å². The molecule has 1 aliphatic rings. The summed E-state index contributed by atoms with van der Waals surface area (Å²) in [5.74, 6) is -2.64. The molecule has 0 bridgehead atoms. The number of amides is 2. The topological polar surface area (TPSA) is 44.4 Å². The van der Waals surface area contributed by atoms with Crippen LogP contribution in [0.5, 0.6) is 0 Å². The normalized spacial score (nSPS) is 13.3. The van der Waals surface area contributed by atoms with Crippen molar-refractivity contribution in [2.24, 2.45) is 0 Å². The van der Waals surface area contributed by atoms with Crippen LogP contribution < -0.4 is 15.5 Å². The van der Waals surface area contributed by atoms with E-state index in [0.717, 1.165) is 18.2 Å². The highest BCUT2D eigenvalue weighted by atomic mass is 35.5. The summed E-state index contributed by atoms with van der Waals surface area (Å²) in [4.78, 5) is 13.6. The number of anilines is 3. The van der Waals surface area contributed by atoms with E-state index in [1.54, 1.807) is 0 Å². The third-order valence-corrected chi connectivity index (χ3v) is 3.69. The molecule has 23 heavy (non-hydrogen) atoms. The van der Waals surface area contributed by atoms with Crippen molar-refractivity contribution < 1.29 is 18.0 Å². The van der Waals surface area contributed by atoms with Crippen LogP contribution in [0.2, 0.25) is 5.02 Å². The van der Waals surface area contributed by atoms with Crippen LogP contribution >= 0.6 is 11.6 Å². The van der Waals surface area contributed by atoms with Crippen LogP contribution in [0.1, 0.15) is 0 Å². The Morgan fingerprint density at radius 2 is 1.87 bits per heavy atom. The van der Waals surface area contributed by atoms with Gasteiger partial charge in [-0.1, -0.05) is 11.6 Å². The minimum absolute atomic E-state index is 0.128. The van der Waals surface area contributed by atoms with Gasteiger partial charge in [0.2, 0.25) is 0 Å². The van der Waals surface area contributed by atoms with E-state index in [0.29, 0.717) is 17.9 Å². The predicted octanol–water partition coefficient (Wildman–Crippen LogP) is 4.22. The van der Waals surface area contributed by atoms with E-state index in [-0.39, 0.29) is 17.3 Å². The molecule has 0 saturated carbocycles. The third kappa shape index (κ3) is 3.05. The van der Waals surface area contributed by atoms with E-state index < -0.39 is 23.5 Å². The van der Waals surface area contributed by atoms with Gasteiger partial charge in [-0.15, -0.1) is 0 Å². The average Bonchev–Trinajstić information content (AvgIpc) is 2.51. The smallest absolute Gasteiger partial charge is 0.326 e. The molecule has 0 saturated heterocycles. The number of nitrogens with zero attached hydrogens (tertiary/aromatic N) is 1. The Labute approximate surface area is 134 Å². The molecule has 0 aromatic heterocycles. The molecule has 0 aliphatic carbocycles. The van der Waals surface area contributed by atoms with Gasteiger partial charge < -0.3 is 10.6 Å². The molecule has 2 aromatic rings. The molecule has 0 unspecified atom stereocenters. The first-order chi connectivity index (χ1) is 11.0. The molecule has 2 amide bonds. The Hall–Kier alpha value is -2.41. The lowest BCUT2D eigenvalue weighted by Gasteiger charge is -2.30. The first-order valence-electron chi connectivity index (χ1n) is 6.72. The summed E-state index contributed by atoms with van der Waals surface area (Å²) in [5, 5.41) is 5.32. The monoisotopic (exact) mass is 341 g/mol. The highest BCUT2D eigenvalue weighted by Crippen LogP contribution is 2.32. The molecule has 2 aromatic carbocycles. The Morgan fingerprint density at radius 3 is 2.61 bits per heavy atom. The van der Waals surface area contributed by atoms with Gasteiger partial charge in [0.05, 0.1) is 16.4 Å². The number of hydrogen-bond acceptors (Lipinski definition) is 2. The molecule has 0 fully saturated rings. The second-order valence-electron chi connectivity index (χ2n) is 4.92. The SMILES string of the molecule is O=C(Nc1ccc(F)c(Cl)c1)N1CCNc2cc(F)c(F)cc21. The summed E-state index contributed by atoms with van der Waals surface area (Å²) in [6, 6.07) is 5.14. The van der Waals surface area contributed by atoms with Gasteiger partial charge in [0.25, 0.3) is 0 Å². The summed E-state index contributed by atoms with van der Waals surface area (Å²) in [7, 11) is 0. The Balaban J connectivity index is 1.86. The summed E-state index contributed by atoms with van der Waals surface area (Å²) in [6.45, 7) is 0.647. The number of fused-ring (bicyclic) bond motifs is 1. The highest BCUT2D eigenvalue weighted by Gasteiger charge is 2.24. The van der Waals surface area contributed by atoms with E-state index >= 15 is 0 Å². The molecule has 2 N–H and O–H groups in total. The zero-order valence-electron chi connectivity index (χ0n) is 11.7. The van der Waals surface area contributed by atoms with Crippen LogP contribution in [0.25, 0.3) is 0 Å². The van der Waals surface area contributed by atoms with Gasteiger partial charge in [0.1, 0.15) is 5.82 Å². The van der Waals surface area contributed by atoms with Crippen molar-refractivity contribution in [1.82, 2.24) is 0 Å². The summed E-state index contributed by atoms with van der Waals surface area (Å²) in [5.41, 5.74) is 0.840. The van der Waals surface area contributed by atoms with E-state index in [2.05, 4.69) is 10.6 Å². The first kappa shape index (κ1) is 15.5. The molecule has 1 heterocycles. The van der Waals surface area contributed by atoms with Gasteiger partial charge in [0.15, 0.2) is 11.6 Å². The van der Waals surface area contributed by atoms with Crippen LogP contribution in [0.15, 0.2) is 30.3 Å². The lowest BCUT2D eigenvalue weighted by Crippen LogP contribution is -2.41. The molecule has 120 valence electrons. The van der Waals surface area contributed by atoms with E-state index in [4.69, 9.17) is 11.6 Å². The van der Waals surface area contributed by atoms with Crippen molar-refractivity contribution in [2.75, 3.05) is 28.6 Å². The maximum absolute atomic E-state index is 13.4. The van der Waals surface area contributed by atoms with E-state index in [1.165, 1.54) is 17.0 Å². The van der Waals surface area contributed by atoms with Gasteiger partial charge in [-0.25, -0.2) is 18.0 Å². The fraction of sp³-hybridized carbons (Fsp3) is 0.133. The van der Waals surface area contributed by atoms with Gasteiger partial charge in [-0.05, 0) is 18.2 Å². The number of benzene rings is 2. The quantitative estimate of drug-likeness (QED) is 0.815. The second kappa shape index (κ2) is 6.00. The van der Waals surface area contributed by atoms with Crippen LogP contribution in [0.4, 0.5) is 35.0 Å². The largest absolute Gasteiger partial charge is 0.381 e. The molecule has 3 rings (SSSR count). The van der Waals surface area contributed by atoms with Crippen molar-refractivity contribution >= 4 is 34.7 Å². The molecular weight excluding hydrogens is 331 g/mol. The van der Waals surface area contributed by atoms with Gasteiger partial charge in [0, 0.05) is 30.9 Å². The van der Waals surface area contributed by atoms with Crippen molar-refractivity contribution in [1.29, 1.82) is 0 Å². The van der Waals surface area contributed by atoms with Crippen LogP contribution in [0, 0.1) is 17.5 Å². The number of hydrogen-bond donors (Lipinski definition) is 2. The maximum Gasteiger partial charge on any atom is 0.326 e. The molecule has 0 radical (unpaired) electrons. The maximum atomic E-state index is 13.4. The van der Waals surface area contributed by atoms with E-state index in [1.807, 2.05) is 0 Å². The lowest BCUT2D eigenvalue weighted by molar-refractivity contribution is 0.257. The van der Waals surface area contributed by atoms with Crippen molar-refractivity contribution in [3.8, 4) is 0 Å². The van der Waals surface area contributed by atoms with Crippen LogP contribution in [0.3, 0.4) is 0 Å². The van der Waals surface area contributed by atoms with Gasteiger partial charge in [-0.2, -0.15) is 0 Å². The van der Waals surface area contributed by atoms with E-state index in [9.17, 15) is 18.0 Å². The molecule has 8 heteroatoms. The zero-order valence-corrected chi connectivity index (χ0v) is 12.4. The molecule has 0 spiro atoms.